The second kappa shape index (κ2) is 10.4. The van der Waals surface area contributed by atoms with Crippen LogP contribution in [-0.4, -0.2) is 42.8 Å². The van der Waals surface area contributed by atoms with E-state index in [9.17, 15) is 18.0 Å². The molecule has 0 fully saturated rings. The molecule has 0 saturated carbocycles. The Labute approximate surface area is 172 Å². The molecule has 0 bridgehead atoms. The van der Waals surface area contributed by atoms with Crippen LogP contribution in [0, 0.1) is 0 Å². The lowest BCUT2D eigenvalue weighted by Crippen LogP contribution is -2.35. The topological polar surface area (TPSA) is 88.5 Å². The molecule has 1 amide bonds. The Balaban J connectivity index is 2.11. The Bertz CT molecular complexity index is 967. The van der Waals surface area contributed by atoms with E-state index in [0.717, 1.165) is 16.6 Å². The molecule has 0 aliphatic heterocycles. The van der Waals surface area contributed by atoms with Crippen LogP contribution in [0.1, 0.15) is 38.7 Å². The van der Waals surface area contributed by atoms with E-state index in [0.29, 0.717) is 19.6 Å². The molecule has 0 aliphatic carbocycles. The third-order valence-corrected chi connectivity index (χ3v) is 6.96. The lowest BCUT2D eigenvalue weighted by Gasteiger charge is -2.19. The summed E-state index contributed by atoms with van der Waals surface area (Å²) in [5.74, 6) is -0.162. The number of hydrogen-bond acceptors (Lipinski definition) is 4. The van der Waals surface area contributed by atoms with Gasteiger partial charge in [-0.05, 0) is 18.1 Å². The minimum Gasteiger partial charge on any atom is -0.354 e. The van der Waals surface area contributed by atoms with Gasteiger partial charge in [0.05, 0.1) is 4.90 Å². The van der Waals surface area contributed by atoms with Crippen LogP contribution in [0.5, 0.6) is 0 Å². The van der Waals surface area contributed by atoms with Crippen LogP contribution in [-0.2, 0) is 21.4 Å². The lowest BCUT2D eigenvalue weighted by molar-refractivity contribution is -0.121. The van der Waals surface area contributed by atoms with Gasteiger partial charge in [0.1, 0.15) is 6.54 Å². The van der Waals surface area contributed by atoms with E-state index >= 15 is 0 Å². The molecule has 1 aromatic heterocycles. The molecular weight excluding hydrogens is 390 g/mol. The van der Waals surface area contributed by atoms with Gasteiger partial charge in [-0.1, -0.05) is 51.1 Å². The first-order valence-electron chi connectivity index (χ1n) is 9.85. The van der Waals surface area contributed by atoms with Crippen molar-refractivity contribution < 1.29 is 13.2 Å². The number of carbonyl (C=O) groups is 1. The third-order valence-electron chi connectivity index (χ3n) is 4.92. The molecule has 1 aromatic carbocycles. The van der Waals surface area contributed by atoms with Gasteiger partial charge in [-0.2, -0.15) is 4.31 Å². The highest BCUT2D eigenvalue weighted by molar-refractivity contribution is 7.89. The number of rotatable bonds is 10. The number of nitrogens with one attached hydrogen (secondary N) is 1. The van der Waals surface area contributed by atoms with E-state index in [2.05, 4.69) is 12.2 Å². The Kier molecular flexibility index (Phi) is 8.16. The molecule has 0 saturated heterocycles. The molecule has 2 rings (SSSR count). The van der Waals surface area contributed by atoms with Crippen molar-refractivity contribution in [1.29, 1.82) is 0 Å². The molecule has 0 radical (unpaired) electrons. The summed E-state index contributed by atoms with van der Waals surface area (Å²) in [6.07, 6.45) is 2.10. The Morgan fingerprint density at radius 1 is 1.07 bits per heavy atom. The molecule has 1 unspecified atom stereocenters. The smallest absolute Gasteiger partial charge is 0.251 e. The highest BCUT2D eigenvalue weighted by Crippen LogP contribution is 2.18. The first-order chi connectivity index (χ1) is 13.8. The number of hydrogen-bond donors (Lipinski definition) is 1. The normalized spacial score (nSPS) is 12.7. The van der Waals surface area contributed by atoms with Gasteiger partial charge in [0, 0.05) is 37.8 Å². The standard InChI is InChI=1S/C21H29N3O4S/c1-4-17(18-10-8-7-9-11-18)14-22-20(25)16-23-15-19(12-13-21(23)26)29(27,28)24(5-2)6-3/h7-13,15,17H,4-6,14,16H2,1-3H3,(H,22,25). The van der Waals surface area contributed by atoms with Crippen LogP contribution in [0.25, 0.3) is 0 Å². The van der Waals surface area contributed by atoms with E-state index in [1.54, 1.807) is 13.8 Å². The molecule has 1 N–H and O–H groups in total. The van der Waals surface area contributed by atoms with Crippen molar-refractivity contribution in [1.82, 2.24) is 14.2 Å². The van der Waals surface area contributed by atoms with Crippen molar-refractivity contribution in [3.05, 3.63) is 64.6 Å². The number of nitrogens with zero attached hydrogens (tertiary/aromatic N) is 2. The van der Waals surface area contributed by atoms with Crippen LogP contribution in [0.3, 0.4) is 0 Å². The third kappa shape index (κ3) is 5.77. The molecule has 7 nitrogen and oxygen atoms in total. The van der Waals surface area contributed by atoms with Crippen molar-refractivity contribution in [3.8, 4) is 0 Å². The molecular formula is C21H29N3O4S. The zero-order valence-corrected chi connectivity index (χ0v) is 18.0. The number of carbonyl (C=O) groups excluding carboxylic acids is 1. The highest BCUT2D eigenvalue weighted by atomic mass is 32.2. The van der Waals surface area contributed by atoms with Crippen LogP contribution in [0.2, 0.25) is 0 Å². The molecule has 158 valence electrons. The Hall–Kier alpha value is -2.45. The minimum atomic E-state index is -3.70. The van der Waals surface area contributed by atoms with Crippen LogP contribution in [0.4, 0.5) is 0 Å². The van der Waals surface area contributed by atoms with E-state index < -0.39 is 15.6 Å². The summed E-state index contributed by atoms with van der Waals surface area (Å²) in [5.41, 5.74) is 0.716. The predicted octanol–water partition coefficient (Wildman–Crippen LogP) is 2.19. The average Bonchev–Trinajstić information content (AvgIpc) is 2.71. The largest absolute Gasteiger partial charge is 0.354 e. The number of benzene rings is 1. The first-order valence-corrected chi connectivity index (χ1v) is 11.3. The van der Waals surface area contributed by atoms with E-state index in [1.165, 1.54) is 22.6 Å². The van der Waals surface area contributed by atoms with Gasteiger partial charge in [0.25, 0.3) is 5.56 Å². The number of amides is 1. The van der Waals surface area contributed by atoms with Gasteiger partial charge in [0.2, 0.25) is 15.9 Å². The van der Waals surface area contributed by atoms with Gasteiger partial charge in [-0.25, -0.2) is 8.42 Å². The Morgan fingerprint density at radius 3 is 2.31 bits per heavy atom. The Morgan fingerprint density at radius 2 is 1.72 bits per heavy atom. The highest BCUT2D eigenvalue weighted by Gasteiger charge is 2.22. The van der Waals surface area contributed by atoms with Crippen molar-refractivity contribution in [3.63, 3.8) is 0 Å². The first kappa shape index (κ1) is 22.8. The van der Waals surface area contributed by atoms with Gasteiger partial charge in [-0.15, -0.1) is 0 Å². The minimum absolute atomic E-state index is 0.00400. The zero-order valence-electron chi connectivity index (χ0n) is 17.2. The van der Waals surface area contributed by atoms with Crippen molar-refractivity contribution in [2.45, 2.75) is 44.6 Å². The van der Waals surface area contributed by atoms with Gasteiger partial charge in [-0.3, -0.25) is 9.59 Å². The number of pyridine rings is 1. The monoisotopic (exact) mass is 419 g/mol. The summed E-state index contributed by atoms with van der Waals surface area (Å²) in [7, 11) is -3.70. The molecule has 1 heterocycles. The number of sulfonamides is 1. The molecule has 2 aromatic rings. The van der Waals surface area contributed by atoms with E-state index in [4.69, 9.17) is 0 Å². The summed E-state index contributed by atoms with van der Waals surface area (Å²) < 4.78 is 27.8. The summed E-state index contributed by atoms with van der Waals surface area (Å²) in [5, 5.41) is 2.85. The van der Waals surface area contributed by atoms with Crippen molar-refractivity contribution in [2.24, 2.45) is 0 Å². The van der Waals surface area contributed by atoms with Crippen molar-refractivity contribution in [2.75, 3.05) is 19.6 Å². The van der Waals surface area contributed by atoms with Gasteiger partial charge < -0.3 is 9.88 Å². The maximum absolute atomic E-state index is 12.7. The molecule has 0 spiro atoms. The summed E-state index contributed by atoms with van der Waals surface area (Å²) in [4.78, 5) is 24.5. The summed E-state index contributed by atoms with van der Waals surface area (Å²) in [6.45, 7) is 6.43. The van der Waals surface area contributed by atoms with E-state index in [1.807, 2.05) is 30.3 Å². The maximum Gasteiger partial charge on any atom is 0.251 e. The number of aromatic nitrogens is 1. The van der Waals surface area contributed by atoms with Crippen LogP contribution in [0.15, 0.2) is 58.4 Å². The maximum atomic E-state index is 12.7. The second-order valence-electron chi connectivity index (χ2n) is 6.74. The van der Waals surface area contributed by atoms with Gasteiger partial charge in [0.15, 0.2) is 0 Å². The van der Waals surface area contributed by atoms with Crippen LogP contribution >= 0.6 is 0 Å². The summed E-state index contributed by atoms with van der Waals surface area (Å²) in [6, 6.07) is 12.4. The average molecular weight is 420 g/mol. The molecule has 0 aliphatic rings. The lowest BCUT2D eigenvalue weighted by atomic mass is 9.96. The second-order valence-corrected chi connectivity index (χ2v) is 8.68. The van der Waals surface area contributed by atoms with Gasteiger partial charge >= 0.3 is 0 Å². The van der Waals surface area contributed by atoms with E-state index in [-0.39, 0.29) is 23.3 Å². The fourth-order valence-electron chi connectivity index (χ4n) is 3.17. The predicted molar refractivity (Wildman–Crippen MR) is 113 cm³/mol. The zero-order chi connectivity index (χ0) is 21.4. The molecule has 1 atom stereocenters. The molecule has 29 heavy (non-hydrogen) atoms. The summed E-state index contributed by atoms with van der Waals surface area (Å²) >= 11 is 0. The SMILES string of the molecule is CCC(CNC(=O)Cn1cc(S(=O)(=O)N(CC)CC)ccc1=O)c1ccccc1. The van der Waals surface area contributed by atoms with Crippen LogP contribution < -0.4 is 10.9 Å². The quantitative estimate of drug-likeness (QED) is 0.639. The molecule has 8 heteroatoms. The fraction of sp³-hybridized carbons (Fsp3) is 0.429. The van der Waals surface area contributed by atoms with Crippen molar-refractivity contribution >= 4 is 15.9 Å². The fourth-order valence-corrected chi connectivity index (χ4v) is 4.65.